The number of phenols is 1. The molecular weight excluding hydrogens is 440 g/mol. The summed E-state index contributed by atoms with van der Waals surface area (Å²) < 4.78 is 15.9. The van der Waals surface area contributed by atoms with Gasteiger partial charge >= 0.3 is 0 Å². The lowest BCUT2D eigenvalue weighted by atomic mass is 10.1. The lowest BCUT2D eigenvalue weighted by molar-refractivity contribution is -0.117. The van der Waals surface area contributed by atoms with Gasteiger partial charge in [-0.3, -0.25) is 4.79 Å². The molecule has 152 valence electrons. The van der Waals surface area contributed by atoms with E-state index >= 15 is 0 Å². The van der Waals surface area contributed by atoms with Crippen molar-refractivity contribution >= 4 is 27.9 Å². The van der Waals surface area contributed by atoms with Crippen LogP contribution in [0.15, 0.2) is 40.4 Å². The molecule has 7 nitrogen and oxygen atoms in total. The molecule has 0 spiro atoms. The molecule has 2 rings (SSSR count). The van der Waals surface area contributed by atoms with Crippen LogP contribution in [0, 0.1) is 11.3 Å². The summed E-state index contributed by atoms with van der Waals surface area (Å²) >= 11 is 3.21. The van der Waals surface area contributed by atoms with Gasteiger partial charge in [0.15, 0.2) is 23.0 Å². The van der Waals surface area contributed by atoms with Crippen LogP contribution in [0.2, 0.25) is 0 Å². The van der Waals surface area contributed by atoms with Gasteiger partial charge in [-0.25, -0.2) is 0 Å². The summed E-state index contributed by atoms with van der Waals surface area (Å²) in [7, 11) is 4.54. The third-order valence-electron chi connectivity index (χ3n) is 4.09. The first kappa shape index (κ1) is 22.1. The molecule has 0 aromatic heterocycles. The minimum absolute atomic E-state index is 0.0532. The van der Waals surface area contributed by atoms with Gasteiger partial charge in [0.25, 0.3) is 5.91 Å². The van der Waals surface area contributed by atoms with E-state index in [-0.39, 0.29) is 17.1 Å². The van der Waals surface area contributed by atoms with E-state index in [2.05, 4.69) is 21.2 Å². The van der Waals surface area contributed by atoms with E-state index in [0.29, 0.717) is 34.5 Å². The van der Waals surface area contributed by atoms with Crippen molar-refractivity contribution in [2.45, 2.75) is 6.42 Å². The number of ether oxygens (including phenoxy) is 3. The second-order valence-corrected chi connectivity index (χ2v) is 6.77. The molecule has 0 bridgehead atoms. The molecule has 0 aliphatic heterocycles. The van der Waals surface area contributed by atoms with Crippen molar-refractivity contribution in [3.8, 4) is 29.1 Å². The van der Waals surface area contributed by atoms with Crippen LogP contribution < -0.4 is 19.5 Å². The zero-order valence-corrected chi connectivity index (χ0v) is 17.9. The van der Waals surface area contributed by atoms with Crippen LogP contribution in [0.3, 0.4) is 0 Å². The maximum absolute atomic E-state index is 12.4. The summed E-state index contributed by atoms with van der Waals surface area (Å²) in [6, 6.07) is 10.5. The first-order valence-corrected chi connectivity index (χ1v) is 9.40. The molecule has 0 saturated heterocycles. The van der Waals surface area contributed by atoms with Crippen LogP contribution in [-0.4, -0.2) is 38.9 Å². The van der Waals surface area contributed by atoms with Crippen LogP contribution in [0.4, 0.5) is 0 Å². The van der Waals surface area contributed by atoms with E-state index in [1.807, 2.05) is 18.2 Å². The number of amides is 1. The monoisotopic (exact) mass is 460 g/mol. The molecule has 2 aromatic carbocycles. The van der Waals surface area contributed by atoms with Gasteiger partial charge in [-0.2, -0.15) is 5.26 Å². The number of nitrogens with one attached hydrogen (secondary N) is 1. The van der Waals surface area contributed by atoms with Crippen molar-refractivity contribution in [2.75, 3.05) is 27.9 Å². The number of aromatic hydroxyl groups is 1. The highest BCUT2D eigenvalue weighted by Crippen LogP contribution is 2.35. The molecule has 0 unspecified atom stereocenters. The van der Waals surface area contributed by atoms with Crippen LogP contribution in [0.25, 0.3) is 6.08 Å². The van der Waals surface area contributed by atoms with E-state index in [4.69, 9.17) is 14.2 Å². The minimum Gasteiger partial charge on any atom is -0.503 e. The number of hydrogen-bond donors (Lipinski definition) is 2. The van der Waals surface area contributed by atoms with Gasteiger partial charge in [0.1, 0.15) is 11.6 Å². The van der Waals surface area contributed by atoms with Crippen molar-refractivity contribution in [3.05, 3.63) is 51.5 Å². The van der Waals surface area contributed by atoms with Gasteiger partial charge in [-0.1, -0.05) is 6.07 Å². The van der Waals surface area contributed by atoms with Gasteiger partial charge in [-0.05, 0) is 63.8 Å². The number of nitriles is 1. The van der Waals surface area contributed by atoms with E-state index < -0.39 is 5.91 Å². The van der Waals surface area contributed by atoms with E-state index in [0.717, 1.165) is 5.56 Å². The summed E-state index contributed by atoms with van der Waals surface area (Å²) in [5, 5.41) is 21.9. The fourth-order valence-electron chi connectivity index (χ4n) is 2.60. The maximum atomic E-state index is 12.4. The van der Waals surface area contributed by atoms with Gasteiger partial charge in [0.05, 0.1) is 25.8 Å². The average Bonchev–Trinajstić information content (AvgIpc) is 2.73. The fourth-order valence-corrected chi connectivity index (χ4v) is 3.06. The zero-order chi connectivity index (χ0) is 21.4. The SMILES string of the molecule is COc1ccc(CCNC(=O)/C(C#N)=C\c2cc(Br)c(O)c(OC)c2)cc1OC. The van der Waals surface area contributed by atoms with Crippen molar-refractivity contribution < 1.29 is 24.1 Å². The molecule has 8 heteroatoms. The second-order valence-electron chi connectivity index (χ2n) is 5.92. The Labute approximate surface area is 177 Å². The molecule has 0 aliphatic carbocycles. The lowest BCUT2D eigenvalue weighted by Gasteiger charge is -2.10. The molecule has 0 radical (unpaired) electrons. The van der Waals surface area contributed by atoms with E-state index in [9.17, 15) is 15.2 Å². The molecule has 0 fully saturated rings. The first-order chi connectivity index (χ1) is 13.9. The average molecular weight is 461 g/mol. The zero-order valence-electron chi connectivity index (χ0n) is 16.3. The highest BCUT2D eigenvalue weighted by molar-refractivity contribution is 9.10. The number of halogens is 1. The van der Waals surface area contributed by atoms with Crippen LogP contribution in [0.5, 0.6) is 23.0 Å². The topological polar surface area (TPSA) is 101 Å². The molecule has 2 N–H and O–H groups in total. The van der Waals surface area contributed by atoms with Crippen molar-refractivity contribution in [3.63, 3.8) is 0 Å². The van der Waals surface area contributed by atoms with Gasteiger partial charge in [0.2, 0.25) is 0 Å². The summed E-state index contributed by atoms with van der Waals surface area (Å²) in [5.41, 5.74) is 1.44. The van der Waals surface area contributed by atoms with Crippen LogP contribution >= 0.6 is 15.9 Å². The Balaban J connectivity index is 2.06. The first-order valence-electron chi connectivity index (χ1n) is 8.60. The smallest absolute Gasteiger partial charge is 0.261 e. The predicted octanol–water partition coefficient (Wildman–Crippen LogP) is 3.45. The highest BCUT2D eigenvalue weighted by atomic mass is 79.9. The Hall–Kier alpha value is -3.18. The molecule has 0 atom stereocenters. The fraction of sp³-hybridized carbons (Fsp3) is 0.238. The lowest BCUT2D eigenvalue weighted by Crippen LogP contribution is -2.26. The molecule has 2 aromatic rings. The van der Waals surface area contributed by atoms with Crippen molar-refractivity contribution in [1.82, 2.24) is 5.32 Å². The van der Waals surface area contributed by atoms with Gasteiger partial charge < -0.3 is 24.6 Å². The van der Waals surface area contributed by atoms with Crippen molar-refractivity contribution in [1.29, 1.82) is 5.26 Å². The third-order valence-corrected chi connectivity index (χ3v) is 4.70. The Bertz CT molecular complexity index is 966. The molecular formula is C21H21BrN2O5. The largest absolute Gasteiger partial charge is 0.503 e. The molecule has 1 amide bonds. The second kappa shape index (κ2) is 10.4. The highest BCUT2D eigenvalue weighted by Gasteiger charge is 2.12. The maximum Gasteiger partial charge on any atom is 0.261 e. The molecule has 0 saturated carbocycles. The van der Waals surface area contributed by atoms with Crippen LogP contribution in [0.1, 0.15) is 11.1 Å². The third kappa shape index (κ3) is 5.65. The molecule has 0 aliphatic rings. The van der Waals surface area contributed by atoms with Gasteiger partial charge in [-0.15, -0.1) is 0 Å². The summed E-state index contributed by atoms with van der Waals surface area (Å²) in [4.78, 5) is 12.4. The van der Waals surface area contributed by atoms with E-state index in [1.165, 1.54) is 19.3 Å². The number of carbonyl (C=O) groups is 1. The molecule has 0 heterocycles. The Kier molecular flexibility index (Phi) is 7.92. The number of carbonyl (C=O) groups excluding carboxylic acids is 1. The molecule has 29 heavy (non-hydrogen) atoms. The predicted molar refractivity (Wildman–Crippen MR) is 112 cm³/mol. The number of methoxy groups -OCH3 is 3. The summed E-state index contributed by atoms with van der Waals surface area (Å²) in [5.74, 6) is 0.932. The Morgan fingerprint density at radius 2 is 1.83 bits per heavy atom. The minimum atomic E-state index is -0.490. The number of rotatable bonds is 8. The standard InChI is InChI=1S/C21H21BrN2O5/c1-27-17-5-4-13(10-18(17)28-2)6-7-24-21(26)15(12-23)8-14-9-16(22)20(25)19(11-14)29-3/h4-5,8-11,25H,6-7H2,1-3H3,(H,24,26)/b15-8-. The Morgan fingerprint density at radius 3 is 2.45 bits per heavy atom. The summed E-state index contributed by atoms with van der Waals surface area (Å²) in [6.07, 6.45) is 1.99. The number of benzene rings is 2. The quantitative estimate of drug-likeness (QED) is 0.462. The van der Waals surface area contributed by atoms with Crippen molar-refractivity contribution in [2.24, 2.45) is 0 Å². The summed E-state index contributed by atoms with van der Waals surface area (Å²) in [6.45, 7) is 0.343. The number of nitrogens with zero attached hydrogens (tertiary/aromatic N) is 1. The normalized spacial score (nSPS) is 10.8. The number of phenolic OH excluding ortho intramolecular Hbond substituents is 1. The Morgan fingerprint density at radius 1 is 1.14 bits per heavy atom. The van der Waals surface area contributed by atoms with Crippen LogP contribution in [-0.2, 0) is 11.2 Å². The number of hydrogen-bond acceptors (Lipinski definition) is 6. The van der Waals surface area contributed by atoms with E-state index in [1.54, 1.807) is 26.4 Å². The van der Waals surface area contributed by atoms with Gasteiger partial charge in [0, 0.05) is 6.54 Å².